The van der Waals surface area contributed by atoms with Crippen molar-refractivity contribution in [1.29, 1.82) is 0 Å². The third-order valence-corrected chi connectivity index (χ3v) is 5.13. The van der Waals surface area contributed by atoms with E-state index in [1.807, 2.05) is 0 Å². The average molecular weight is 282 g/mol. The molecule has 1 N–H and O–H groups in total. The molecule has 3 atom stereocenters. The van der Waals surface area contributed by atoms with Crippen molar-refractivity contribution in [3.63, 3.8) is 0 Å². The van der Waals surface area contributed by atoms with Crippen molar-refractivity contribution in [3.8, 4) is 0 Å². The van der Waals surface area contributed by atoms with Crippen LogP contribution in [0.4, 0.5) is 0 Å². The number of ether oxygens (including phenoxy) is 1. The van der Waals surface area contributed by atoms with E-state index in [1.165, 1.54) is 51.5 Å². The van der Waals surface area contributed by atoms with Gasteiger partial charge in [0, 0.05) is 26.2 Å². The van der Waals surface area contributed by atoms with Gasteiger partial charge in [0.15, 0.2) is 0 Å². The molecule has 3 unspecified atom stereocenters. The molecule has 118 valence electrons. The van der Waals surface area contributed by atoms with Gasteiger partial charge in [0.05, 0.1) is 6.10 Å². The first-order valence-corrected chi connectivity index (χ1v) is 8.58. The molecule has 1 aliphatic heterocycles. The first-order chi connectivity index (χ1) is 9.63. The summed E-state index contributed by atoms with van der Waals surface area (Å²) in [5.41, 5.74) is 0.482. The Morgan fingerprint density at radius 3 is 2.75 bits per heavy atom. The van der Waals surface area contributed by atoms with Gasteiger partial charge in [-0.2, -0.15) is 0 Å². The molecule has 0 amide bonds. The molecule has 3 nitrogen and oxygen atoms in total. The molecule has 3 heteroatoms. The molecule has 1 saturated carbocycles. The van der Waals surface area contributed by atoms with Gasteiger partial charge in [-0.1, -0.05) is 19.8 Å². The van der Waals surface area contributed by atoms with E-state index in [-0.39, 0.29) is 0 Å². The van der Waals surface area contributed by atoms with Crippen molar-refractivity contribution in [1.82, 2.24) is 10.2 Å². The van der Waals surface area contributed by atoms with Crippen molar-refractivity contribution in [2.24, 2.45) is 11.3 Å². The van der Waals surface area contributed by atoms with Crippen molar-refractivity contribution < 1.29 is 4.74 Å². The fourth-order valence-corrected chi connectivity index (χ4v) is 4.44. The van der Waals surface area contributed by atoms with Gasteiger partial charge < -0.3 is 15.0 Å². The fourth-order valence-electron chi connectivity index (χ4n) is 4.44. The Bertz CT molecular complexity index is 274. The zero-order valence-electron chi connectivity index (χ0n) is 13.8. The lowest BCUT2D eigenvalue weighted by Crippen LogP contribution is -2.47. The zero-order chi connectivity index (χ0) is 14.4. The van der Waals surface area contributed by atoms with Gasteiger partial charge >= 0.3 is 0 Å². The summed E-state index contributed by atoms with van der Waals surface area (Å²) in [6.45, 7) is 6.89. The summed E-state index contributed by atoms with van der Waals surface area (Å²) in [5, 5.41) is 3.45. The zero-order valence-corrected chi connectivity index (χ0v) is 13.8. The first kappa shape index (κ1) is 16.3. The Kier molecular flexibility index (Phi) is 6.31. The summed E-state index contributed by atoms with van der Waals surface area (Å²) >= 11 is 0. The lowest BCUT2D eigenvalue weighted by molar-refractivity contribution is -0.0121. The lowest BCUT2D eigenvalue weighted by Gasteiger charge is -2.43. The predicted molar refractivity (Wildman–Crippen MR) is 85.1 cm³/mol. The molecule has 20 heavy (non-hydrogen) atoms. The summed E-state index contributed by atoms with van der Waals surface area (Å²) in [6.07, 6.45) is 9.90. The second-order valence-corrected chi connectivity index (χ2v) is 7.42. The normalized spacial score (nSPS) is 35.4. The number of nitrogens with one attached hydrogen (secondary N) is 1. The Balaban J connectivity index is 1.86. The van der Waals surface area contributed by atoms with Crippen LogP contribution in [-0.4, -0.2) is 51.3 Å². The highest BCUT2D eigenvalue weighted by atomic mass is 16.5. The maximum Gasteiger partial charge on any atom is 0.0701 e. The quantitative estimate of drug-likeness (QED) is 0.811. The van der Waals surface area contributed by atoms with E-state index < -0.39 is 0 Å². The Morgan fingerprint density at radius 2 is 2.10 bits per heavy atom. The standard InChI is InChI=1S/C17H34N2O/c1-15-7-6-9-17(11-15,13-18-2)14-19(3)12-16-8-4-5-10-20-16/h15-16,18H,4-14H2,1-3H3. The minimum absolute atomic E-state index is 0.474. The molecule has 2 aliphatic rings. The molecule has 1 aliphatic carbocycles. The van der Waals surface area contributed by atoms with Gasteiger partial charge in [-0.3, -0.25) is 0 Å². The first-order valence-electron chi connectivity index (χ1n) is 8.58. The molecule has 2 fully saturated rings. The van der Waals surface area contributed by atoms with Crippen LogP contribution in [0.1, 0.15) is 51.9 Å². The van der Waals surface area contributed by atoms with Crippen LogP contribution in [0.15, 0.2) is 0 Å². The predicted octanol–water partition coefficient (Wildman–Crippen LogP) is 2.90. The number of likely N-dealkylation sites (N-methyl/N-ethyl adjacent to an activating group) is 1. The van der Waals surface area contributed by atoms with E-state index in [2.05, 4.69) is 31.2 Å². The van der Waals surface area contributed by atoms with E-state index in [4.69, 9.17) is 4.74 Å². The van der Waals surface area contributed by atoms with E-state index in [9.17, 15) is 0 Å². The second-order valence-electron chi connectivity index (χ2n) is 7.42. The molecule has 0 aromatic carbocycles. The average Bonchev–Trinajstić information content (AvgIpc) is 2.39. The Hall–Kier alpha value is -0.120. The van der Waals surface area contributed by atoms with Crippen LogP contribution in [-0.2, 0) is 4.74 Å². The van der Waals surface area contributed by atoms with E-state index in [0.29, 0.717) is 11.5 Å². The summed E-state index contributed by atoms with van der Waals surface area (Å²) in [7, 11) is 4.39. The van der Waals surface area contributed by atoms with Gasteiger partial charge in [-0.25, -0.2) is 0 Å². The van der Waals surface area contributed by atoms with E-state index in [1.54, 1.807) is 0 Å². The molecule has 2 rings (SSSR count). The Labute approximate surface area is 125 Å². The molecule has 0 aromatic rings. The van der Waals surface area contributed by atoms with Crippen molar-refractivity contribution in [2.45, 2.75) is 58.0 Å². The summed E-state index contributed by atoms with van der Waals surface area (Å²) in [5.74, 6) is 0.886. The number of hydrogen-bond donors (Lipinski definition) is 1. The molecule has 0 bridgehead atoms. The van der Waals surface area contributed by atoms with Gasteiger partial charge in [0.25, 0.3) is 0 Å². The van der Waals surface area contributed by atoms with E-state index >= 15 is 0 Å². The largest absolute Gasteiger partial charge is 0.377 e. The molecule has 1 saturated heterocycles. The summed E-state index contributed by atoms with van der Waals surface area (Å²) in [4.78, 5) is 2.53. The second kappa shape index (κ2) is 7.77. The smallest absolute Gasteiger partial charge is 0.0701 e. The van der Waals surface area contributed by atoms with Crippen LogP contribution in [0, 0.1) is 11.3 Å². The lowest BCUT2D eigenvalue weighted by atomic mass is 9.69. The monoisotopic (exact) mass is 282 g/mol. The molecule has 0 radical (unpaired) electrons. The molecule has 0 spiro atoms. The molecule has 1 heterocycles. The molecular weight excluding hydrogens is 248 g/mol. The van der Waals surface area contributed by atoms with Gasteiger partial charge in [0.2, 0.25) is 0 Å². The highest BCUT2D eigenvalue weighted by molar-refractivity contribution is 4.89. The fraction of sp³-hybridized carbons (Fsp3) is 1.00. The summed E-state index contributed by atoms with van der Waals surface area (Å²) < 4.78 is 5.89. The molecule has 0 aromatic heterocycles. The van der Waals surface area contributed by atoms with Gasteiger partial charge in [-0.05, 0) is 57.5 Å². The maximum atomic E-state index is 5.89. The van der Waals surface area contributed by atoms with E-state index in [0.717, 1.165) is 25.6 Å². The minimum atomic E-state index is 0.474. The van der Waals surface area contributed by atoms with Crippen LogP contribution in [0.5, 0.6) is 0 Å². The number of hydrogen-bond acceptors (Lipinski definition) is 3. The van der Waals surface area contributed by atoms with Crippen LogP contribution in [0.2, 0.25) is 0 Å². The van der Waals surface area contributed by atoms with Crippen LogP contribution in [0.25, 0.3) is 0 Å². The van der Waals surface area contributed by atoms with Crippen molar-refractivity contribution >= 4 is 0 Å². The topological polar surface area (TPSA) is 24.5 Å². The SMILES string of the molecule is CNCC1(CN(C)CC2CCCCO2)CCCC(C)C1. The van der Waals surface area contributed by atoms with Crippen LogP contribution in [0.3, 0.4) is 0 Å². The maximum absolute atomic E-state index is 5.89. The number of nitrogens with zero attached hydrogens (tertiary/aromatic N) is 1. The Morgan fingerprint density at radius 1 is 1.25 bits per heavy atom. The van der Waals surface area contributed by atoms with Crippen molar-refractivity contribution in [2.75, 3.05) is 40.3 Å². The number of rotatable bonds is 6. The minimum Gasteiger partial charge on any atom is -0.377 e. The van der Waals surface area contributed by atoms with Crippen LogP contribution < -0.4 is 5.32 Å². The van der Waals surface area contributed by atoms with Crippen LogP contribution >= 0.6 is 0 Å². The highest BCUT2D eigenvalue weighted by Gasteiger charge is 2.35. The van der Waals surface area contributed by atoms with Gasteiger partial charge in [0.1, 0.15) is 0 Å². The molecular formula is C17H34N2O. The third kappa shape index (κ3) is 4.71. The third-order valence-electron chi connectivity index (χ3n) is 5.13. The highest BCUT2D eigenvalue weighted by Crippen LogP contribution is 2.39. The summed E-state index contributed by atoms with van der Waals surface area (Å²) in [6, 6.07) is 0. The van der Waals surface area contributed by atoms with Gasteiger partial charge in [-0.15, -0.1) is 0 Å². The van der Waals surface area contributed by atoms with Crippen molar-refractivity contribution in [3.05, 3.63) is 0 Å².